The van der Waals surface area contributed by atoms with Crippen LogP contribution in [-0.4, -0.2) is 21.2 Å². The molecule has 2 rings (SSSR count). The third kappa shape index (κ3) is 2.90. The topological polar surface area (TPSA) is 97.1 Å². The minimum atomic E-state index is -0.460. The van der Waals surface area contributed by atoms with Crippen molar-refractivity contribution < 1.29 is 4.79 Å². The molecule has 1 heterocycles. The summed E-state index contributed by atoms with van der Waals surface area (Å²) in [4.78, 5) is 18.7. The van der Waals surface area contributed by atoms with E-state index < -0.39 is 5.91 Å². The normalized spacial score (nSPS) is 11.1. The highest BCUT2D eigenvalue weighted by Crippen LogP contribution is 2.14. The van der Waals surface area contributed by atoms with Gasteiger partial charge in [0.15, 0.2) is 5.71 Å². The number of rotatable bonds is 3. The third-order valence-electron chi connectivity index (χ3n) is 2.67. The number of nitrogens with two attached hydrogens (primary N) is 1. The van der Waals surface area contributed by atoms with Gasteiger partial charge in [-0.3, -0.25) is 4.79 Å². The van der Waals surface area contributed by atoms with Crippen molar-refractivity contribution in [3.63, 3.8) is 0 Å². The molecular formula is C14H13N5O. The van der Waals surface area contributed by atoms with Gasteiger partial charge in [-0.25, -0.2) is 9.98 Å². The van der Waals surface area contributed by atoms with Crippen molar-refractivity contribution in [2.75, 3.05) is 5.73 Å². The second-order valence-corrected chi connectivity index (χ2v) is 4.18. The first kappa shape index (κ1) is 13.5. The molecule has 1 aromatic heterocycles. The van der Waals surface area contributed by atoms with Gasteiger partial charge in [0, 0.05) is 6.92 Å². The number of aliphatic imine (C=N–C) groups is 1. The predicted molar refractivity (Wildman–Crippen MR) is 75.0 cm³/mol. The van der Waals surface area contributed by atoms with Gasteiger partial charge in [0.2, 0.25) is 5.91 Å². The van der Waals surface area contributed by atoms with E-state index in [0.29, 0.717) is 12.4 Å². The van der Waals surface area contributed by atoms with Crippen molar-refractivity contribution in [1.82, 2.24) is 9.55 Å². The minimum absolute atomic E-state index is 0.0678. The summed E-state index contributed by atoms with van der Waals surface area (Å²) in [5.74, 6) is -0.144. The second kappa shape index (κ2) is 5.80. The smallest absolute Gasteiger partial charge is 0.243 e. The molecule has 0 aliphatic rings. The van der Waals surface area contributed by atoms with Gasteiger partial charge in [0.05, 0.1) is 12.9 Å². The Hall–Kier alpha value is -2.94. The average molecular weight is 267 g/mol. The number of benzene rings is 1. The van der Waals surface area contributed by atoms with Gasteiger partial charge in [-0.2, -0.15) is 5.26 Å². The number of aromatic nitrogens is 2. The van der Waals surface area contributed by atoms with Crippen molar-refractivity contribution in [3.8, 4) is 6.07 Å². The molecule has 1 amide bonds. The Kier molecular flexibility index (Phi) is 3.91. The highest BCUT2D eigenvalue weighted by Gasteiger charge is 2.14. The molecule has 0 spiro atoms. The zero-order chi connectivity index (χ0) is 14.5. The van der Waals surface area contributed by atoms with Crippen LogP contribution in [0, 0.1) is 11.3 Å². The summed E-state index contributed by atoms with van der Waals surface area (Å²) < 4.78 is 1.71. The molecule has 0 bridgehead atoms. The van der Waals surface area contributed by atoms with Crippen molar-refractivity contribution in [3.05, 3.63) is 47.9 Å². The van der Waals surface area contributed by atoms with Crippen molar-refractivity contribution in [2.45, 2.75) is 13.5 Å². The summed E-state index contributed by atoms with van der Waals surface area (Å²) in [7, 11) is 0. The predicted octanol–water partition coefficient (Wildman–Crippen LogP) is 1.37. The zero-order valence-corrected chi connectivity index (χ0v) is 10.9. The van der Waals surface area contributed by atoms with Crippen LogP contribution < -0.4 is 5.73 Å². The highest BCUT2D eigenvalue weighted by molar-refractivity contribution is 6.16. The van der Waals surface area contributed by atoms with Gasteiger partial charge in [0.25, 0.3) is 0 Å². The highest BCUT2D eigenvalue weighted by atomic mass is 16.1. The van der Waals surface area contributed by atoms with Crippen LogP contribution in [0.4, 0.5) is 5.82 Å². The maximum absolute atomic E-state index is 11.0. The van der Waals surface area contributed by atoms with E-state index in [1.54, 1.807) is 4.57 Å². The molecular weight excluding hydrogens is 254 g/mol. The summed E-state index contributed by atoms with van der Waals surface area (Å²) in [5, 5.41) is 9.01. The molecule has 0 fully saturated rings. The molecule has 0 atom stereocenters. The SMILES string of the molecule is CC(=O)N=C(C#N)c1ncn(Cc2ccccc2)c1N. The van der Waals surface area contributed by atoms with E-state index in [1.807, 2.05) is 36.4 Å². The minimum Gasteiger partial charge on any atom is -0.383 e. The Morgan fingerprint density at radius 3 is 2.75 bits per heavy atom. The van der Waals surface area contributed by atoms with Crippen LogP contribution in [0.15, 0.2) is 41.7 Å². The van der Waals surface area contributed by atoms with E-state index >= 15 is 0 Å². The maximum atomic E-state index is 11.0. The van der Waals surface area contributed by atoms with E-state index in [2.05, 4.69) is 9.98 Å². The van der Waals surface area contributed by atoms with Gasteiger partial charge in [-0.15, -0.1) is 0 Å². The molecule has 0 aliphatic heterocycles. The first-order valence-corrected chi connectivity index (χ1v) is 5.96. The average Bonchev–Trinajstić information content (AvgIpc) is 2.79. The molecule has 0 aliphatic carbocycles. The largest absolute Gasteiger partial charge is 0.383 e. The molecule has 100 valence electrons. The van der Waals surface area contributed by atoms with Gasteiger partial charge >= 0.3 is 0 Å². The van der Waals surface area contributed by atoms with Crippen molar-refractivity contribution >= 4 is 17.4 Å². The number of nitrogens with zero attached hydrogens (tertiary/aromatic N) is 4. The number of carbonyl (C=O) groups excluding carboxylic acids is 1. The summed E-state index contributed by atoms with van der Waals surface area (Å²) in [6.07, 6.45) is 1.53. The van der Waals surface area contributed by atoms with Crippen LogP contribution in [0.2, 0.25) is 0 Å². The van der Waals surface area contributed by atoms with Crippen molar-refractivity contribution in [1.29, 1.82) is 5.26 Å². The van der Waals surface area contributed by atoms with E-state index in [1.165, 1.54) is 13.3 Å². The molecule has 6 heteroatoms. The number of nitriles is 1. The lowest BCUT2D eigenvalue weighted by Gasteiger charge is -2.05. The van der Waals surface area contributed by atoms with E-state index in [-0.39, 0.29) is 11.4 Å². The van der Waals surface area contributed by atoms with Crippen LogP contribution in [0.25, 0.3) is 0 Å². The summed E-state index contributed by atoms with van der Waals surface area (Å²) >= 11 is 0. The number of nitrogen functional groups attached to an aromatic ring is 1. The number of carbonyl (C=O) groups is 1. The Labute approximate surface area is 116 Å². The lowest BCUT2D eigenvalue weighted by atomic mass is 10.2. The van der Waals surface area contributed by atoms with Gasteiger partial charge in [0.1, 0.15) is 17.6 Å². The van der Waals surface area contributed by atoms with E-state index in [4.69, 9.17) is 11.0 Å². The Bertz CT molecular complexity index is 694. The monoisotopic (exact) mass is 267 g/mol. The fourth-order valence-electron chi connectivity index (χ4n) is 1.77. The summed E-state index contributed by atoms with van der Waals surface area (Å²) in [6.45, 7) is 1.81. The lowest BCUT2D eigenvalue weighted by molar-refractivity contribution is -0.115. The Balaban J connectivity index is 2.32. The fourth-order valence-corrected chi connectivity index (χ4v) is 1.77. The molecule has 0 radical (unpaired) electrons. The lowest BCUT2D eigenvalue weighted by Crippen LogP contribution is -2.08. The number of anilines is 1. The Morgan fingerprint density at radius 1 is 1.45 bits per heavy atom. The third-order valence-corrected chi connectivity index (χ3v) is 2.67. The number of hydrogen-bond acceptors (Lipinski definition) is 4. The molecule has 0 saturated heterocycles. The molecule has 0 saturated carbocycles. The zero-order valence-electron chi connectivity index (χ0n) is 10.9. The van der Waals surface area contributed by atoms with Crippen molar-refractivity contribution in [2.24, 2.45) is 4.99 Å². The molecule has 0 unspecified atom stereocenters. The molecule has 2 aromatic rings. The summed E-state index contributed by atoms with van der Waals surface area (Å²) in [5.41, 5.74) is 7.19. The van der Waals surface area contributed by atoms with E-state index in [0.717, 1.165) is 5.56 Å². The number of hydrogen-bond donors (Lipinski definition) is 1. The number of imidazole rings is 1. The van der Waals surface area contributed by atoms with Crippen LogP contribution in [0.5, 0.6) is 0 Å². The second-order valence-electron chi connectivity index (χ2n) is 4.18. The molecule has 1 aromatic carbocycles. The van der Waals surface area contributed by atoms with Crippen LogP contribution >= 0.6 is 0 Å². The van der Waals surface area contributed by atoms with Crippen LogP contribution in [0.3, 0.4) is 0 Å². The molecule has 2 N–H and O–H groups in total. The van der Waals surface area contributed by atoms with Crippen LogP contribution in [-0.2, 0) is 11.3 Å². The molecule has 6 nitrogen and oxygen atoms in total. The summed E-state index contributed by atoms with van der Waals surface area (Å²) in [6, 6.07) is 11.6. The first-order valence-electron chi connectivity index (χ1n) is 5.96. The van der Waals surface area contributed by atoms with E-state index in [9.17, 15) is 4.79 Å². The number of amides is 1. The van der Waals surface area contributed by atoms with Gasteiger partial charge in [-0.05, 0) is 5.56 Å². The van der Waals surface area contributed by atoms with Gasteiger partial charge in [-0.1, -0.05) is 30.3 Å². The standard InChI is InChI=1S/C14H13N5O/c1-10(20)18-12(7-15)13-14(16)19(9-17-13)8-11-5-3-2-4-6-11/h2-6,9H,8,16H2,1H3. The maximum Gasteiger partial charge on any atom is 0.243 e. The first-order chi connectivity index (χ1) is 9.61. The quantitative estimate of drug-likeness (QED) is 0.849. The Morgan fingerprint density at radius 2 is 2.15 bits per heavy atom. The van der Waals surface area contributed by atoms with Crippen LogP contribution in [0.1, 0.15) is 18.2 Å². The fraction of sp³-hybridized carbons (Fsp3) is 0.143. The van der Waals surface area contributed by atoms with Gasteiger partial charge < -0.3 is 10.3 Å². The molecule has 20 heavy (non-hydrogen) atoms.